The summed E-state index contributed by atoms with van der Waals surface area (Å²) in [5, 5.41) is 3.97. The van der Waals surface area contributed by atoms with Crippen LogP contribution in [0, 0.1) is 5.92 Å². The number of ether oxygens (including phenoxy) is 1. The van der Waals surface area contributed by atoms with Crippen LogP contribution in [0.4, 0.5) is 5.82 Å². The third-order valence-corrected chi connectivity index (χ3v) is 6.83. The third-order valence-electron chi connectivity index (χ3n) is 5.12. The summed E-state index contributed by atoms with van der Waals surface area (Å²) < 4.78 is 8.00. The number of fused-ring (bicyclic) bond motifs is 1. The van der Waals surface area contributed by atoms with Crippen molar-refractivity contribution in [3.8, 4) is 11.1 Å². The predicted molar refractivity (Wildman–Crippen MR) is 118 cm³/mol. The zero-order valence-corrected chi connectivity index (χ0v) is 18.3. The van der Waals surface area contributed by atoms with Gasteiger partial charge in [-0.25, -0.2) is 4.98 Å². The average Bonchev–Trinajstić information content (AvgIpc) is 3.48. The van der Waals surface area contributed by atoms with Gasteiger partial charge in [-0.2, -0.15) is 0 Å². The van der Waals surface area contributed by atoms with E-state index < -0.39 is 8.07 Å². The summed E-state index contributed by atoms with van der Waals surface area (Å²) >= 11 is 0. The minimum absolute atomic E-state index is 0.0637. The molecule has 3 aromatic rings. The van der Waals surface area contributed by atoms with Crippen LogP contribution in [0.15, 0.2) is 42.9 Å². The summed E-state index contributed by atoms with van der Waals surface area (Å²) in [4.78, 5) is 21.1. The Morgan fingerprint density at radius 1 is 1.28 bits per heavy atom. The lowest BCUT2D eigenvalue weighted by Gasteiger charge is -2.15. The molecule has 0 unspecified atom stereocenters. The third kappa shape index (κ3) is 4.91. The molecule has 3 heterocycles. The summed E-state index contributed by atoms with van der Waals surface area (Å²) in [6, 6.07) is 8.99. The maximum Gasteiger partial charge on any atom is 0.228 e. The van der Waals surface area contributed by atoms with E-state index in [9.17, 15) is 4.79 Å². The summed E-state index contributed by atoms with van der Waals surface area (Å²) in [6.07, 6.45) is 7.64. The van der Waals surface area contributed by atoms with E-state index in [1.54, 1.807) is 6.20 Å². The van der Waals surface area contributed by atoms with Crippen molar-refractivity contribution in [1.29, 1.82) is 0 Å². The monoisotopic (exact) mass is 408 g/mol. The molecule has 3 aromatic heterocycles. The zero-order chi connectivity index (χ0) is 20.4. The second-order valence-corrected chi connectivity index (χ2v) is 14.6. The van der Waals surface area contributed by atoms with Gasteiger partial charge in [0.1, 0.15) is 18.2 Å². The number of hydrogen-bond donors (Lipinski definition) is 1. The van der Waals surface area contributed by atoms with Crippen molar-refractivity contribution < 1.29 is 9.53 Å². The molecule has 0 radical (unpaired) electrons. The molecule has 1 saturated carbocycles. The van der Waals surface area contributed by atoms with Crippen LogP contribution >= 0.6 is 0 Å². The van der Waals surface area contributed by atoms with Gasteiger partial charge in [-0.3, -0.25) is 9.78 Å². The van der Waals surface area contributed by atoms with Gasteiger partial charge in [0, 0.05) is 55.7 Å². The van der Waals surface area contributed by atoms with Crippen molar-refractivity contribution in [2.45, 2.75) is 45.3 Å². The number of aromatic nitrogens is 3. The standard InChI is InChI=1S/C22H28N4O2Si/c1-29(2,3)12-11-28-15-26-14-19(17-5-4-10-23-13-17)18-8-9-20(24-21(18)26)25-22(27)16-6-7-16/h4-5,8-10,13-14,16H,6-7,11-12,15H2,1-3H3,(H,24,25,27). The van der Waals surface area contributed by atoms with Gasteiger partial charge in [-0.05, 0) is 37.1 Å². The van der Waals surface area contributed by atoms with Gasteiger partial charge < -0.3 is 14.6 Å². The Labute approximate surface area is 172 Å². The Kier molecular flexibility index (Phi) is 5.51. The van der Waals surface area contributed by atoms with Crippen LogP contribution in [-0.4, -0.2) is 35.1 Å². The second kappa shape index (κ2) is 8.08. The fraction of sp³-hybridized carbons (Fsp3) is 0.409. The number of rotatable bonds is 8. The van der Waals surface area contributed by atoms with Crippen LogP contribution in [-0.2, 0) is 16.3 Å². The number of anilines is 1. The number of nitrogens with zero attached hydrogens (tertiary/aromatic N) is 3. The smallest absolute Gasteiger partial charge is 0.228 e. The fourth-order valence-corrected chi connectivity index (χ4v) is 3.96. The number of nitrogens with one attached hydrogen (secondary N) is 1. The van der Waals surface area contributed by atoms with Gasteiger partial charge in [0.05, 0.1) is 0 Å². The van der Waals surface area contributed by atoms with Crippen LogP contribution in [0.3, 0.4) is 0 Å². The van der Waals surface area contributed by atoms with Gasteiger partial charge in [0.25, 0.3) is 0 Å². The lowest BCUT2D eigenvalue weighted by atomic mass is 10.1. The van der Waals surface area contributed by atoms with Crippen LogP contribution in [0.2, 0.25) is 25.7 Å². The number of amides is 1. The molecule has 0 aliphatic heterocycles. The van der Waals surface area contributed by atoms with Crippen LogP contribution < -0.4 is 5.32 Å². The molecule has 0 atom stereocenters. The second-order valence-electron chi connectivity index (χ2n) is 8.93. The molecule has 1 N–H and O–H groups in total. The molecular formula is C22H28N4O2Si. The first-order chi connectivity index (χ1) is 13.9. The van der Waals surface area contributed by atoms with E-state index >= 15 is 0 Å². The Morgan fingerprint density at radius 3 is 2.79 bits per heavy atom. The van der Waals surface area contributed by atoms with Crippen molar-refractivity contribution in [1.82, 2.24) is 14.5 Å². The number of carbonyl (C=O) groups excluding carboxylic acids is 1. The Bertz CT molecular complexity index is 1010. The summed E-state index contributed by atoms with van der Waals surface area (Å²) in [5.74, 6) is 0.803. The van der Waals surface area contributed by atoms with Crippen molar-refractivity contribution in [3.05, 3.63) is 42.9 Å². The molecule has 1 aliphatic rings. The molecule has 0 aromatic carbocycles. The zero-order valence-electron chi connectivity index (χ0n) is 17.3. The van der Waals surface area contributed by atoms with Crippen molar-refractivity contribution in [2.75, 3.05) is 11.9 Å². The van der Waals surface area contributed by atoms with Crippen molar-refractivity contribution in [2.24, 2.45) is 5.92 Å². The lowest BCUT2D eigenvalue weighted by molar-refractivity contribution is -0.117. The highest BCUT2D eigenvalue weighted by Crippen LogP contribution is 2.32. The number of pyridine rings is 2. The van der Waals surface area contributed by atoms with E-state index in [4.69, 9.17) is 9.72 Å². The largest absolute Gasteiger partial charge is 0.361 e. The molecule has 0 saturated heterocycles. The molecule has 6 nitrogen and oxygen atoms in total. The molecule has 7 heteroatoms. The molecule has 1 fully saturated rings. The minimum atomic E-state index is -1.13. The fourth-order valence-electron chi connectivity index (χ4n) is 3.20. The van der Waals surface area contributed by atoms with Crippen LogP contribution in [0.1, 0.15) is 12.8 Å². The van der Waals surface area contributed by atoms with Gasteiger partial charge in [0.15, 0.2) is 0 Å². The maximum atomic E-state index is 12.1. The van der Waals surface area contributed by atoms with Crippen molar-refractivity contribution in [3.63, 3.8) is 0 Å². The molecule has 1 aliphatic carbocycles. The molecule has 1 amide bonds. The first-order valence-corrected chi connectivity index (χ1v) is 13.9. The maximum absolute atomic E-state index is 12.1. The van der Waals surface area contributed by atoms with E-state index in [-0.39, 0.29) is 11.8 Å². The van der Waals surface area contributed by atoms with Crippen LogP contribution in [0.25, 0.3) is 22.2 Å². The summed E-state index contributed by atoms with van der Waals surface area (Å²) in [5.41, 5.74) is 2.91. The van der Waals surface area contributed by atoms with E-state index in [1.165, 1.54) is 0 Å². The highest BCUT2D eigenvalue weighted by atomic mass is 28.3. The topological polar surface area (TPSA) is 69.0 Å². The summed E-state index contributed by atoms with van der Waals surface area (Å²) in [6.45, 7) is 8.22. The lowest BCUT2D eigenvalue weighted by Crippen LogP contribution is -2.22. The SMILES string of the molecule is C[Si](C)(C)CCOCn1cc(-c2cccnc2)c2ccc(NC(=O)C3CC3)nc21. The van der Waals surface area contributed by atoms with E-state index in [2.05, 4.69) is 36.1 Å². The van der Waals surface area contributed by atoms with Gasteiger partial charge >= 0.3 is 0 Å². The van der Waals surface area contributed by atoms with E-state index in [1.807, 2.05) is 35.0 Å². The molecule has 4 rings (SSSR count). The molecular weight excluding hydrogens is 380 g/mol. The summed E-state index contributed by atoms with van der Waals surface area (Å²) in [7, 11) is -1.13. The van der Waals surface area contributed by atoms with Gasteiger partial charge in [-0.15, -0.1) is 0 Å². The average molecular weight is 409 g/mol. The van der Waals surface area contributed by atoms with Gasteiger partial charge in [0.2, 0.25) is 5.91 Å². The Morgan fingerprint density at radius 2 is 2.10 bits per heavy atom. The van der Waals surface area contributed by atoms with Crippen molar-refractivity contribution >= 4 is 30.8 Å². The molecule has 0 spiro atoms. The molecule has 0 bridgehead atoms. The van der Waals surface area contributed by atoms with E-state index in [0.717, 1.165) is 47.7 Å². The quantitative estimate of drug-likeness (QED) is 0.431. The highest BCUT2D eigenvalue weighted by Gasteiger charge is 2.30. The number of hydrogen-bond acceptors (Lipinski definition) is 4. The van der Waals surface area contributed by atoms with E-state index in [0.29, 0.717) is 12.5 Å². The number of carbonyl (C=O) groups is 1. The Balaban J connectivity index is 1.62. The molecule has 29 heavy (non-hydrogen) atoms. The predicted octanol–water partition coefficient (Wildman–Crippen LogP) is 4.76. The first kappa shape index (κ1) is 19.8. The minimum Gasteiger partial charge on any atom is -0.361 e. The first-order valence-electron chi connectivity index (χ1n) is 10.2. The normalized spacial score (nSPS) is 14.3. The highest BCUT2D eigenvalue weighted by molar-refractivity contribution is 6.76. The molecule has 152 valence electrons. The van der Waals surface area contributed by atoms with Crippen LogP contribution in [0.5, 0.6) is 0 Å². The Hall–Kier alpha value is -2.51. The van der Waals surface area contributed by atoms with Gasteiger partial charge in [-0.1, -0.05) is 25.7 Å².